The molecule has 0 saturated carbocycles. The molecule has 2 fully saturated rings. The lowest BCUT2D eigenvalue weighted by molar-refractivity contribution is -0.136. The van der Waals surface area contributed by atoms with Crippen LogP contribution in [-0.2, 0) is 4.79 Å². The molecule has 1 aromatic heterocycles. The van der Waals surface area contributed by atoms with E-state index < -0.39 is 0 Å². The first kappa shape index (κ1) is 23.1. The van der Waals surface area contributed by atoms with Crippen molar-refractivity contribution in [2.75, 3.05) is 56.2 Å². The summed E-state index contributed by atoms with van der Waals surface area (Å²) in [5, 5.41) is 9.01. The molecule has 2 aliphatic rings. The summed E-state index contributed by atoms with van der Waals surface area (Å²) in [5.41, 5.74) is 4.35. The Morgan fingerprint density at radius 1 is 0.886 bits per heavy atom. The second-order valence-electron chi connectivity index (χ2n) is 9.39. The number of aromatic nitrogens is 2. The Hall–Kier alpha value is -3.61. The van der Waals surface area contributed by atoms with Gasteiger partial charge in [0.25, 0.3) is 0 Å². The van der Waals surface area contributed by atoms with Crippen LogP contribution >= 0.6 is 0 Å². The first-order chi connectivity index (χ1) is 17.1. The van der Waals surface area contributed by atoms with Gasteiger partial charge in [0.1, 0.15) is 5.75 Å². The van der Waals surface area contributed by atoms with Gasteiger partial charge in [-0.15, -0.1) is 10.2 Å². The van der Waals surface area contributed by atoms with E-state index in [2.05, 4.69) is 51.2 Å². The molecule has 5 rings (SSSR count). The zero-order chi connectivity index (χ0) is 24.2. The summed E-state index contributed by atoms with van der Waals surface area (Å²) in [6.45, 7) is 6.91. The zero-order valence-corrected chi connectivity index (χ0v) is 20.6. The zero-order valence-electron chi connectivity index (χ0n) is 20.6. The molecule has 1 atom stereocenters. The smallest absolute Gasteiger partial charge is 0.227 e. The third-order valence-corrected chi connectivity index (χ3v) is 7.20. The van der Waals surface area contributed by atoms with Gasteiger partial charge in [0, 0.05) is 50.5 Å². The van der Waals surface area contributed by atoms with Crippen LogP contribution < -0.4 is 14.5 Å². The van der Waals surface area contributed by atoms with Crippen molar-refractivity contribution in [2.24, 2.45) is 5.92 Å². The van der Waals surface area contributed by atoms with Crippen LogP contribution in [0.1, 0.15) is 18.4 Å². The van der Waals surface area contributed by atoms with Gasteiger partial charge in [-0.3, -0.25) is 4.79 Å². The Morgan fingerprint density at radius 2 is 1.66 bits per heavy atom. The van der Waals surface area contributed by atoms with Gasteiger partial charge in [-0.25, -0.2) is 0 Å². The molecule has 3 heterocycles. The SMILES string of the molecule is COc1ccc(N2CCN(C(=O)C3CCCN(c4ccc(-c5ccccc5C)nn4)C3)CC2)cc1. The Bertz CT molecular complexity index is 1140. The number of amides is 1. The number of piperazine rings is 1. The molecule has 2 aromatic carbocycles. The minimum Gasteiger partial charge on any atom is -0.497 e. The normalized spacial score (nSPS) is 18.5. The van der Waals surface area contributed by atoms with Gasteiger partial charge >= 0.3 is 0 Å². The van der Waals surface area contributed by atoms with Crippen molar-refractivity contribution in [3.05, 3.63) is 66.2 Å². The number of rotatable bonds is 5. The number of benzene rings is 2. The van der Waals surface area contributed by atoms with Gasteiger partial charge in [0.2, 0.25) is 5.91 Å². The van der Waals surface area contributed by atoms with Crippen molar-refractivity contribution in [1.82, 2.24) is 15.1 Å². The summed E-state index contributed by atoms with van der Waals surface area (Å²) in [5.74, 6) is 1.99. The highest BCUT2D eigenvalue weighted by Crippen LogP contribution is 2.27. The molecule has 0 bridgehead atoms. The minimum atomic E-state index is 0.00845. The molecule has 0 radical (unpaired) electrons. The molecule has 0 N–H and O–H groups in total. The highest BCUT2D eigenvalue weighted by Gasteiger charge is 2.31. The van der Waals surface area contributed by atoms with Crippen molar-refractivity contribution in [3.8, 4) is 17.0 Å². The summed E-state index contributed by atoms with van der Waals surface area (Å²) in [6, 6.07) is 20.4. The molecule has 1 amide bonds. The molecular formula is C28H33N5O2. The summed E-state index contributed by atoms with van der Waals surface area (Å²) in [7, 11) is 1.68. The van der Waals surface area contributed by atoms with Crippen LogP contribution in [0.2, 0.25) is 0 Å². The number of carbonyl (C=O) groups is 1. The predicted molar refractivity (Wildman–Crippen MR) is 139 cm³/mol. The number of anilines is 2. The van der Waals surface area contributed by atoms with Gasteiger partial charge in [-0.1, -0.05) is 24.3 Å². The largest absolute Gasteiger partial charge is 0.497 e. The summed E-state index contributed by atoms with van der Waals surface area (Å²) >= 11 is 0. The molecule has 1 unspecified atom stereocenters. The fourth-order valence-corrected chi connectivity index (χ4v) is 5.12. The monoisotopic (exact) mass is 471 g/mol. The number of hydrogen-bond acceptors (Lipinski definition) is 6. The maximum atomic E-state index is 13.4. The van der Waals surface area contributed by atoms with Gasteiger partial charge in [0.15, 0.2) is 5.82 Å². The lowest BCUT2D eigenvalue weighted by Crippen LogP contribution is -2.52. The maximum Gasteiger partial charge on any atom is 0.227 e. The molecule has 7 nitrogen and oxygen atoms in total. The first-order valence-electron chi connectivity index (χ1n) is 12.4. The lowest BCUT2D eigenvalue weighted by atomic mass is 9.96. The lowest BCUT2D eigenvalue weighted by Gasteiger charge is -2.40. The fraction of sp³-hybridized carbons (Fsp3) is 0.393. The number of ether oxygens (including phenoxy) is 1. The number of methoxy groups -OCH3 is 1. The van der Waals surface area contributed by atoms with Crippen LogP contribution in [-0.4, -0.2) is 67.4 Å². The van der Waals surface area contributed by atoms with Crippen LogP contribution in [0.4, 0.5) is 11.5 Å². The molecule has 0 aliphatic carbocycles. The second-order valence-corrected chi connectivity index (χ2v) is 9.39. The molecule has 2 saturated heterocycles. The highest BCUT2D eigenvalue weighted by atomic mass is 16.5. The Morgan fingerprint density at radius 3 is 2.34 bits per heavy atom. The van der Waals surface area contributed by atoms with E-state index in [0.717, 1.165) is 68.4 Å². The van der Waals surface area contributed by atoms with Gasteiger partial charge < -0.3 is 19.4 Å². The minimum absolute atomic E-state index is 0.00845. The average Bonchev–Trinajstić information content (AvgIpc) is 2.93. The number of piperidine rings is 1. The molecular weight excluding hydrogens is 438 g/mol. The van der Waals surface area contributed by atoms with E-state index in [1.165, 1.54) is 11.3 Å². The standard InChI is InChI=1S/C28H33N5O2/c1-21-6-3-4-8-25(21)26-13-14-27(30-29-26)33-15-5-7-22(20-33)28(34)32-18-16-31(17-19-32)23-9-11-24(35-2)12-10-23/h3-4,6,8-14,22H,5,7,15-20H2,1-2H3. The molecule has 7 heteroatoms. The first-order valence-corrected chi connectivity index (χ1v) is 12.4. The molecule has 2 aliphatic heterocycles. The fourth-order valence-electron chi connectivity index (χ4n) is 5.12. The van der Waals surface area contributed by atoms with Gasteiger partial charge in [0.05, 0.1) is 18.7 Å². The van der Waals surface area contributed by atoms with E-state index in [-0.39, 0.29) is 11.8 Å². The maximum absolute atomic E-state index is 13.4. The number of carbonyl (C=O) groups excluding carboxylic acids is 1. The van der Waals surface area contributed by atoms with Gasteiger partial charge in [-0.05, 0) is 61.7 Å². The van der Waals surface area contributed by atoms with E-state index in [4.69, 9.17) is 4.74 Å². The summed E-state index contributed by atoms with van der Waals surface area (Å²) in [6.07, 6.45) is 1.92. The van der Waals surface area contributed by atoms with Crippen LogP contribution in [0.15, 0.2) is 60.7 Å². The van der Waals surface area contributed by atoms with Crippen molar-refractivity contribution in [3.63, 3.8) is 0 Å². The summed E-state index contributed by atoms with van der Waals surface area (Å²) in [4.78, 5) is 20.0. The van der Waals surface area contributed by atoms with Gasteiger partial charge in [-0.2, -0.15) is 0 Å². The van der Waals surface area contributed by atoms with Crippen molar-refractivity contribution in [1.29, 1.82) is 0 Å². The van der Waals surface area contributed by atoms with E-state index in [1.807, 2.05) is 41.3 Å². The van der Waals surface area contributed by atoms with Crippen molar-refractivity contribution >= 4 is 17.4 Å². The number of hydrogen-bond donors (Lipinski definition) is 0. The Kier molecular flexibility index (Phi) is 6.84. The topological polar surface area (TPSA) is 61.8 Å². The Balaban J connectivity index is 1.18. The molecule has 35 heavy (non-hydrogen) atoms. The molecule has 3 aromatic rings. The average molecular weight is 472 g/mol. The van der Waals surface area contributed by atoms with E-state index >= 15 is 0 Å². The van der Waals surface area contributed by atoms with Crippen molar-refractivity contribution < 1.29 is 9.53 Å². The molecule has 182 valence electrons. The highest BCUT2D eigenvalue weighted by molar-refractivity contribution is 5.80. The van der Waals surface area contributed by atoms with Crippen LogP contribution in [0, 0.1) is 12.8 Å². The van der Waals surface area contributed by atoms with Crippen LogP contribution in [0.25, 0.3) is 11.3 Å². The summed E-state index contributed by atoms with van der Waals surface area (Å²) < 4.78 is 5.26. The number of nitrogens with zero attached hydrogens (tertiary/aromatic N) is 5. The third-order valence-electron chi connectivity index (χ3n) is 7.20. The second kappa shape index (κ2) is 10.3. The number of aryl methyl sites for hydroxylation is 1. The third kappa shape index (κ3) is 5.09. The van der Waals surface area contributed by atoms with E-state index in [0.29, 0.717) is 6.54 Å². The van der Waals surface area contributed by atoms with Crippen LogP contribution in [0.5, 0.6) is 5.75 Å². The van der Waals surface area contributed by atoms with Crippen molar-refractivity contribution in [2.45, 2.75) is 19.8 Å². The molecule has 0 spiro atoms. The van der Waals surface area contributed by atoms with E-state index in [1.54, 1.807) is 7.11 Å². The van der Waals surface area contributed by atoms with Crippen LogP contribution in [0.3, 0.4) is 0 Å². The van der Waals surface area contributed by atoms with E-state index in [9.17, 15) is 4.79 Å². The quantitative estimate of drug-likeness (QED) is 0.560. The predicted octanol–water partition coefficient (Wildman–Crippen LogP) is 4.03. The Labute approximate surface area is 207 Å².